The molecule has 0 bridgehead atoms. The maximum absolute atomic E-state index is 12.1. The van der Waals surface area contributed by atoms with E-state index < -0.39 is 10.0 Å². The van der Waals surface area contributed by atoms with Crippen molar-refractivity contribution in [3.63, 3.8) is 0 Å². The molecule has 19 heavy (non-hydrogen) atoms. The Morgan fingerprint density at radius 3 is 2.58 bits per heavy atom. The van der Waals surface area contributed by atoms with E-state index in [0.29, 0.717) is 17.9 Å². The number of sulfonamides is 1. The number of ether oxygens (including phenoxy) is 1. The Balaban J connectivity index is 2.75. The van der Waals surface area contributed by atoms with Gasteiger partial charge in [-0.05, 0) is 23.6 Å². The third-order valence-corrected chi connectivity index (χ3v) is 4.16. The van der Waals surface area contributed by atoms with Gasteiger partial charge in [-0.2, -0.15) is 0 Å². The summed E-state index contributed by atoms with van der Waals surface area (Å²) in [5.41, 5.74) is 6.87. The van der Waals surface area contributed by atoms with Gasteiger partial charge in [0.15, 0.2) is 0 Å². The van der Waals surface area contributed by atoms with E-state index in [1.54, 1.807) is 31.4 Å². The van der Waals surface area contributed by atoms with Crippen molar-refractivity contribution in [2.45, 2.75) is 25.6 Å². The second-order valence-corrected chi connectivity index (χ2v) is 6.68. The van der Waals surface area contributed by atoms with Crippen molar-refractivity contribution in [2.75, 3.05) is 19.5 Å². The first-order valence-corrected chi connectivity index (χ1v) is 7.82. The van der Waals surface area contributed by atoms with Gasteiger partial charge < -0.3 is 10.5 Å². The van der Waals surface area contributed by atoms with Crippen LogP contribution < -0.4 is 10.5 Å². The number of nitrogens with two attached hydrogens (primary N) is 1. The summed E-state index contributed by atoms with van der Waals surface area (Å²) in [5, 5.41) is 0. The number of benzene rings is 1. The van der Waals surface area contributed by atoms with Crippen LogP contribution in [0.15, 0.2) is 24.3 Å². The summed E-state index contributed by atoms with van der Waals surface area (Å²) in [4.78, 5) is 0. The highest BCUT2D eigenvalue weighted by Crippen LogP contribution is 2.11. The van der Waals surface area contributed by atoms with E-state index in [1.807, 2.05) is 13.8 Å². The molecule has 0 saturated heterocycles. The van der Waals surface area contributed by atoms with Crippen molar-refractivity contribution < 1.29 is 13.2 Å². The van der Waals surface area contributed by atoms with Gasteiger partial charge in [-0.1, -0.05) is 26.0 Å². The average molecular weight is 286 g/mol. The van der Waals surface area contributed by atoms with Crippen molar-refractivity contribution in [1.82, 2.24) is 4.72 Å². The Hall–Kier alpha value is -1.11. The predicted molar refractivity (Wildman–Crippen MR) is 77.1 cm³/mol. The lowest BCUT2D eigenvalue weighted by Crippen LogP contribution is -2.42. The SMILES string of the molecule is COCC(NS(=O)(=O)Cc1cccc(N)c1)C(C)C. The van der Waals surface area contributed by atoms with Gasteiger partial charge in [0.1, 0.15) is 0 Å². The Bertz CT molecular complexity index is 500. The van der Waals surface area contributed by atoms with E-state index in [1.165, 1.54) is 0 Å². The molecule has 108 valence electrons. The third-order valence-electron chi connectivity index (χ3n) is 2.79. The van der Waals surface area contributed by atoms with Crippen molar-refractivity contribution in [1.29, 1.82) is 0 Å². The zero-order valence-corrected chi connectivity index (χ0v) is 12.4. The number of nitrogens with one attached hydrogen (secondary N) is 1. The summed E-state index contributed by atoms with van der Waals surface area (Å²) in [6, 6.07) is 6.66. The first-order valence-electron chi connectivity index (χ1n) is 6.17. The van der Waals surface area contributed by atoms with E-state index in [4.69, 9.17) is 10.5 Å². The van der Waals surface area contributed by atoms with Crippen molar-refractivity contribution in [3.8, 4) is 0 Å². The van der Waals surface area contributed by atoms with Gasteiger partial charge in [0.2, 0.25) is 10.0 Å². The number of hydrogen-bond donors (Lipinski definition) is 2. The van der Waals surface area contributed by atoms with Crippen LogP contribution in [0.4, 0.5) is 5.69 Å². The smallest absolute Gasteiger partial charge is 0.216 e. The van der Waals surface area contributed by atoms with Crippen LogP contribution in [0.25, 0.3) is 0 Å². The van der Waals surface area contributed by atoms with Gasteiger partial charge in [-0.3, -0.25) is 0 Å². The second kappa shape index (κ2) is 6.88. The normalized spacial score (nSPS) is 13.7. The van der Waals surface area contributed by atoms with Gasteiger partial charge in [-0.15, -0.1) is 0 Å². The molecule has 0 radical (unpaired) electrons. The highest BCUT2D eigenvalue weighted by molar-refractivity contribution is 7.88. The Kier molecular flexibility index (Phi) is 5.78. The number of rotatable bonds is 7. The van der Waals surface area contributed by atoms with E-state index in [-0.39, 0.29) is 17.7 Å². The zero-order valence-electron chi connectivity index (χ0n) is 11.6. The monoisotopic (exact) mass is 286 g/mol. The second-order valence-electron chi connectivity index (χ2n) is 4.93. The van der Waals surface area contributed by atoms with Gasteiger partial charge >= 0.3 is 0 Å². The molecule has 0 heterocycles. The lowest BCUT2D eigenvalue weighted by molar-refractivity contribution is 0.157. The summed E-state index contributed by atoms with van der Waals surface area (Å²) >= 11 is 0. The maximum atomic E-state index is 12.1. The highest BCUT2D eigenvalue weighted by Gasteiger charge is 2.21. The van der Waals surface area contributed by atoms with Crippen LogP contribution in [0.2, 0.25) is 0 Å². The number of methoxy groups -OCH3 is 1. The molecule has 0 amide bonds. The topological polar surface area (TPSA) is 81.4 Å². The van der Waals surface area contributed by atoms with Gasteiger partial charge in [0.05, 0.1) is 12.4 Å². The predicted octanol–water partition coefficient (Wildman–Crippen LogP) is 1.36. The summed E-state index contributed by atoms with van der Waals surface area (Å²) in [6.45, 7) is 4.26. The molecule has 5 nitrogen and oxygen atoms in total. The molecule has 0 aromatic heterocycles. The molecule has 1 aromatic carbocycles. The molecular weight excluding hydrogens is 264 g/mol. The van der Waals surface area contributed by atoms with E-state index in [2.05, 4.69) is 4.72 Å². The van der Waals surface area contributed by atoms with Crippen molar-refractivity contribution in [3.05, 3.63) is 29.8 Å². The lowest BCUT2D eigenvalue weighted by atomic mass is 10.1. The standard InChI is InChI=1S/C13H22N2O3S/c1-10(2)13(8-18-3)15-19(16,17)9-11-5-4-6-12(14)7-11/h4-7,10,13,15H,8-9,14H2,1-3H3. The number of anilines is 1. The molecule has 0 aliphatic rings. The minimum Gasteiger partial charge on any atom is -0.399 e. The highest BCUT2D eigenvalue weighted by atomic mass is 32.2. The van der Waals surface area contributed by atoms with Gasteiger partial charge in [0, 0.05) is 18.8 Å². The largest absolute Gasteiger partial charge is 0.399 e. The molecule has 0 aliphatic carbocycles. The lowest BCUT2D eigenvalue weighted by Gasteiger charge is -2.21. The molecule has 6 heteroatoms. The zero-order chi connectivity index (χ0) is 14.5. The first kappa shape index (κ1) is 15.9. The number of nitrogen functional groups attached to an aromatic ring is 1. The molecule has 0 saturated carbocycles. The summed E-state index contributed by atoms with van der Waals surface area (Å²) in [6.07, 6.45) is 0. The molecule has 1 unspecified atom stereocenters. The Morgan fingerprint density at radius 1 is 1.37 bits per heavy atom. The van der Waals surface area contributed by atoms with E-state index in [0.717, 1.165) is 0 Å². The fourth-order valence-electron chi connectivity index (χ4n) is 1.72. The molecule has 1 atom stereocenters. The van der Waals surface area contributed by atoms with Crippen LogP contribution in [0, 0.1) is 5.92 Å². The van der Waals surface area contributed by atoms with E-state index in [9.17, 15) is 8.42 Å². The molecular formula is C13H22N2O3S. The Labute approximate surface area is 115 Å². The van der Waals surface area contributed by atoms with Crippen LogP contribution in [-0.2, 0) is 20.5 Å². The van der Waals surface area contributed by atoms with Gasteiger partial charge in [0.25, 0.3) is 0 Å². The summed E-state index contributed by atoms with van der Waals surface area (Å²) < 4.78 is 31.9. The van der Waals surface area contributed by atoms with Crippen LogP contribution in [0.5, 0.6) is 0 Å². The van der Waals surface area contributed by atoms with Gasteiger partial charge in [-0.25, -0.2) is 13.1 Å². The third kappa shape index (κ3) is 5.59. The summed E-state index contributed by atoms with van der Waals surface area (Å²) in [5.74, 6) is 0.0842. The van der Waals surface area contributed by atoms with Crippen LogP contribution in [-0.4, -0.2) is 28.2 Å². The van der Waals surface area contributed by atoms with Crippen LogP contribution in [0.3, 0.4) is 0 Å². The number of hydrogen-bond acceptors (Lipinski definition) is 4. The Morgan fingerprint density at radius 2 is 2.05 bits per heavy atom. The molecule has 0 spiro atoms. The van der Waals surface area contributed by atoms with Crippen molar-refractivity contribution in [2.24, 2.45) is 5.92 Å². The molecule has 1 rings (SSSR count). The minimum atomic E-state index is -3.40. The van der Waals surface area contributed by atoms with Crippen LogP contribution in [0.1, 0.15) is 19.4 Å². The first-order chi connectivity index (χ1) is 8.84. The molecule has 3 N–H and O–H groups in total. The average Bonchev–Trinajstić information content (AvgIpc) is 2.27. The maximum Gasteiger partial charge on any atom is 0.216 e. The molecule has 0 fully saturated rings. The molecule has 0 aliphatic heterocycles. The fraction of sp³-hybridized carbons (Fsp3) is 0.538. The fourth-order valence-corrected chi connectivity index (χ4v) is 3.22. The van der Waals surface area contributed by atoms with E-state index >= 15 is 0 Å². The minimum absolute atomic E-state index is 0.0784. The molecule has 1 aromatic rings. The summed E-state index contributed by atoms with van der Waals surface area (Å²) in [7, 11) is -1.85. The van der Waals surface area contributed by atoms with Crippen LogP contribution >= 0.6 is 0 Å². The quantitative estimate of drug-likeness (QED) is 0.742. The van der Waals surface area contributed by atoms with Crippen molar-refractivity contribution >= 4 is 15.7 Å².